The number of imidazole rings is 1. The molecule has 1 saturated heterocycles. The second-order valence-corrected chi connectivity index (χ2v) is 7.01. The fraction of sp³-hybridized carbons (Fsp3) is 0.278. The molecule has 0 saturated carbocycles. The number of benzene rings is 1. The zero-order valence-electron chi connectivity index (χ0n) is 14.0. The number of carbonyl (C=O) groups excluding carboxylic acids is 1. The van der Waals surface area contributed by atoms with Crippen molar-refractivity contribution in [1.82, 2.24) is 19.3 Å². The van der Waals surface area contributed by atoms with Gasteiger partial charge in [0.2, 0.25) is 0 Å². The fourth-order valence-electron chi connectivity index (χ4n) is 3.31. The minimum Gasteiger partial charge on any atom is -0.445 e. The van der Waals surface area contributed by atoms with Crippen molar-refractivity contribution in [3.8, 4) is 0 Å². The maximum atomic E-state index is 12.6. The summed E-state index contributed by atoms with van der Waals surface area (Å²) in [5, 5.41) is 0. The van der Waals surface area contributed by atoms with Crippen LogP contribution in [0.2, 0.25) is 0 Å². The van der Waals surface area contributed by atoms with Gasteiger partial charge in [0.05, 0.1) is 18.4 Å². The maximum absolute atomic E-state index is 12.6. The van der Waals surface area contributed by atoms with Gasteiger partial charge in [-0.2, -0.15) is 0 Å². The molecule has 1 aliphatic rings. The summed E-state index contributed by atoms with van der Waals surface area (Å²) < 4.78 is 8.15. The summed E-state index contributed by atoms with van der Waals surface area (Å²) in [6, 6.07) is 9.50. The minimum absolute atomic E-state index is 0.154. The Morgan fingerprint density at radius 1 is 1.27 bits per heavy atom. The lowest BCUT2D eigenvalue weighted by atomic mass is 10.2. The van der Waals surface area contributed by atoms with Gasteiger partial charge in [-0.05, 0) is 34.3 Å². The maximum Gasteiger partial charge on any atom is 0.410 e. The van der Waals surface area contributed by atoms with Gasteiger partial charge >= 0.3 is 6.09 Å². The number of halogens is 1. The van der Waals surface area contributed by atoms with E-state index in [0.717, 1.165) is 34.3 Å². The Morgan fingerprint density at radius 3 is 2.88 bits per heavy atom. The Morgan fingerprint density at radius 2 is 2.08 bits per heavy atom. The molecule has 7 nitrogen and oxygen atoms in total. The van der Waals surface area contributed by atoms with Crippen LogP contribution in [0.25, 0.3) is 5.52 Å². The quantitative estimate of drug-likeness (QED) is 0.706. The van der Waals surface area contributed by atoms with Crippen LogP contribution in [-0.4, -0.2) is 31.9 Å². The molecule has 1 aromatic carbocycles. The average molecular weight is 416 g/mol. The number of ether oxygens (including phenoxy) is 1. The zero-order valence-corrected chi connectivity index (χ0v) is 15.6. The first-order valence-corrected chi connectivity index (χ1v) is 9.19. The van der Waals surface area contributed by atoms with Crippen molar-refractivity contribution < 1.29 is 9.53 Å². The van der Waals surface area contributed by atoms with Gasteiger partial charge in [0.1, 0.15) is 28.4 Å². The van der Waals surface area contributed by atoms with Crippen LogP contribution in [0.1, 0.15) is 30.3 Å². The molecule has 0 radical (unpaired) electrons. The van der Waals surface area contributed by atoms with Gasteiger partial charge < -0.3 is 10.5 Å². The van der Waals surface area contributed by atoms with Gasteiger partial charge in [-0.25, -0.2) is 14.8 Å². The van der Waals surface area contributed by atoms with E-state index in [1.54, 1.807) is 17.3 Å². The molecule has 1 atom stereocenters. The van der Waals surface area contributed by atoms with Crippen LogP contribution in [0.3, 0.4) is 0 Å². The lowest BCUT2D eigenvalue weighted by molar-refractivity contribution is 0.0907. The van der Waals surface area contributed by atoms with E-state index in [9.17, 15) is 4.79 Å². The number of carbonyl (C=O) groups is 1. The highest BCUT2D eigenvalue weighted by atomic mass is 79.9. The number of hydrogen-bond acceptors (Lipinski definition) is 5. The monoisotopic (exact) mass is 415 g/mol. The lowest BCUT2D eigenvalue weighted by Gasteiger charge is -2.23. The molecule has 0 unspecified atom stereocenters. The van der Waals surface area contributed by atoms with E-state index in [1.807, 2.05) is 34.7 Å². The van der Waals surface area contributed by atoms with E-state index in [1.165, 1.54) is 0 Å². The Labute approximate surface area is 158 Å². The van der Waals surface area contributed by atoms with E-state index in [4.69, 9.17) is 10.5 Å². The topological polar surface area (TPSA) is 85.8 Å². The molecule has 26 heavy (non-hydrogen) atoms. The normalized spacial score (nSPS) is 17.0. The molecular weight excluding hydrogens is 398 g/mol. The van der Waals surface area contributed by atoms with Crippen LogP contribution in [0.5, 0.6) is 0 Å². The van der Waals surface area contributed by atoms with Gasteiger partial charge in [0.25, 0.3) is 0 Å². The fourth-order valence-corrected chi connectivity index (χ4v) is 3.78. The molecule has 0 aliphatic carbocycles. The Balaban J connectivity index is 1.57. The molecule has 0 spiro atoms. The Hall–Kier alpha value is -2.61. The average Bonchev–Trinajstić information content (AvgIpc) is 3.31. The SMILES string of the molecule is Nc1ncc(Br)n2c([C@@H]3CCCN3C(=O)OCc3ccccc3)ncc12. The molecular formula is C18H18BrN5O2. The first-order chi connectivity index (χ1) is 12.6. The number of likely N-dealkylation sites (tertiary alicyclic amines) is 1. The highest BCUT2D eigenvalue weighted by Gasteiger charge is 2.34. The van der Waals surface area contributed by atoms with Gasteiger partial charge in [-0.1, -0.05) is 30.3 Å². The number of aromatic nitrogens is 3. The third kappa shape index (κ3) is 3.01. The molecule has 3 aromatic rings. The number of amides is 1. The summed E-state index contributed by atoms with van der Waals surface area (Å²) in [7, 11) is 0. The number of hydrogen-bond donors (Lipinski definition) is 1. The lowest BCUT2D eigenvalue weighted by Crippen LogP contribution is -2.32. The summed E-state index contributed by atoms with van der Waals surface area (Å²) in [4.78, 5) is 23.0. The van der Waals surface area contributed by atoms with Crippen LogP contribution >= 0.6 is 15.9 Å². The van der Waals surface area contributed by atoms with Crippen LogP contribution in [0.15, 0.2) is 47.3 Å². The van der Waals surface area contributed by atoms with E-state index < -0.39 is 0 Å². The molecule has 1 aliphatic heterocycles. The Kier molecular flexibility index (Phi) is 4.50. The van der Waals surface area contributed by atoms with Crippen molar-refractivity contribution in [1.29, 1.82) is 0 Å². The van der Waals surface area contributed by atoms with Crippen molar-refractivity contribution in [2.45, 2.75) is 25.5 Å². The molecule has 4 rings (SSSR count). The number of anilines is 1. The summed E-state index contributed by atoms with van der Waals surface area (Å²) >= 11 is 3.50. The molecule has 1 amide bonds. The van der Waals surface area contributed by atoms with E-state index in [-0.39, 0.29) is 18.7 Å². The van der Waals surface area contributed by atoms with Crippen molar-refractivity contribution in [3.63, 3.8) is 0 Å². The summed E-state index contributed by atoms with van der Waals surface area (Å²) in [5.41, 5.74) is 7.63. The number of nitrogens with two attached hydrogens (primary N) is 1. The van der Waals surface area contributed by atoms with Gasteiger partial charge in [-0.3, -0.25) is 9.30 Å². The highest BCUT2D eigenvalue weighted by Crippen LogP contribution is 2.34. The standard InChI is InChI=1S/C18H18BrN5O2/c19-15-10-21-16(20)14-9-22-17(24(14)15)13-7-4-8-23(13)18(25)26-11-12-5-2-1-3-6-12/h1-3,5-6,9-10,13H,4,7-8,11H2,(H2,20,21)/t13-/m0/s1. The van der Waals surface area contributed by atoms with Crippen LogP contribution in [-0.2, 0) is 11.3 Å². The molecule has 0 bridgehead atoms. The smallest absolute Gasteiger partial charge is 0.410 e. The van der Waals surface area contributed by atoms with E-state index in [2.05, 4.69) is 25.9 Å². The molecule has 1 fully saturated rings. The van der Waals surface area contributed by atoms with Crippen molar-refractivity contribution in [2.24, 2.45) is 0 Å². The minimum atomic E-state index is -0.328. The summed E-state index contributed by atoms with van der Waals surface area (Å²) in [6.45, 7) is 0.900. The van der Waals surface area contributed by atoms with Crippen molar-refractivity contribution >= 4 is 33.4 Å². The first kappa shape index (κ1) is 16.8. The van der Waals surface area contributed by atoms with E-state index >= 15 is 0 Å². The highest BCUT2D eigenvalue weighted by molar-refractivity contribution is 9.10. The second kappa shape index (κ2) is 6.95. The molecule has 3 heterocycles. The van der Waals surface area contributed by atoms with Gasteiger partial charge in [-0.15, -0.1) is 0 Å². The van der Waals surface area contributed by atoms with Crippen molar-refractivity contribution in [2.75, 3.05) is 12.3 Å². The zero-order chi connectivity index (χ0) is 18.1. The van der Waals surface area contributed by atoms with Crippen molar-refractivity contribution in [3.05, 3.63) is 58.7 Å². The number of nitrogen functional groups attached to an aromatic ring is 1. The number of rotatable bonds is 3. The van der Waals surface area contributed by atoms with Gasteiger partial charge in [0, 0.05) is 6.54 Å². The second-order valence-electron chi connectivity index (χ2n) is 6.19. The van der Waals surface area contributed by atoms with Crippen LogP contribution < -0.4 is 5.73 Å². The van der Waals surface area contributed by atoms with E-state index in [0.29, 0.717) is 12.4 Å². The first-order valence-electron chi connectivity index (χ1n) is 8.40. The Bertz CT molecular complexity index is 943. The largest absolute Gasteiger partial charge is 0.445 e. The summed E-state index contributed by atoms with van der Waals surface area (Å²) in [5.74, 6) is 1.17. The predicted molar refractivity (Wildman–Crippen MR) is 100 cm³/mol. The molecule has 2 N–H and O–H groups in total. The molecule has 2 aromatic heterocycles. The predicted octanol–water partition coefficient (Wildman–Crippen LogP) is 3.55. The molecule has 8 heteroatoms. The summed E-state index contributed by atoms with van der Waals surface area (Å²) in [6.07, 6.45) is 4.73. The van der Waals surface area contributed by atoms with Crippen LogP contribution in [0.4, 0.5) is 10.6 Å². The third-order valence-corrected chi connectivity index (χ3v) is 5.13. The molecule has 134 valence electrons. The van der Waals surface area contributed by atoms with Gasteiger partial charge in [0.15, 0.2) is 0 Å². The number of fused-ring (bicyclic) bond motifs is 1. The van der Waals surface area contributed by atoms with Crippen LogP contribution in [0, 0.1) is 0 Å². The number of nitrogens with zero attached hydrogens (tertiary/aromatic N) is 4. The third-order valence-electron chi connectivity index (χ3n) is 4.57.